The molecule has 0 bridgehead atoms. The molecule has 0 saturated heterocycles. The maximum atomic E-state index is 14.6. The third kappa shape index (κ3) is 3.60. The molecule has 0 aromatic heterocycles. The standard InChI is InChI=1S/C17H17ClFNO3S/c1-4-11-6-5-7-13(16(11)19)14-10-12(8-9-15(14)18)17(21)20(2)24(3,22)23/h5-10H,4H2,1-3H3. The van der Waals surface area contributed by atoms with Crippen molar-refractivity contribution in [1.82, 2.24) is 4.31 Å². The minimum Gasteiger partial charge on any atom is -0.268 e. The lowest BCUT2D eigenvalue weighted by Crippen LogP contribution is -2.32. The first-order chi connectivity index (χ1) is 11.2. The lowest BCUT2D eigenvalue weighted by Gasteiger charge is -2.16. The lowest BCUT2D eigenvalue weighted by molar-refractivity contribution is 0.0884. The summed E-state index contributed by atoms with van der Waals surface area (Å²) in [4.78, 5) is 12.3. The van der Waals surface area contributed by atoms with Gasteiger partial charge in [0.1, 0.15) is 5.82 Å². The average Bonchev–Trinajstić information content (AvgIpc) is 2.53. The number of aryl methyl sites for hydroxylation is 1. The number of nitrogens with zero attached hydrogens (tertiary/aromatic N) is 1. The molecule has 4 nitrogen and oxygen atoms in total. The molecular weight excluding hydrogens is 353 g/mol. The van der Waals surface area contributed by atoms with Crippen LogP contribution in [0.25, 0.3) is 11.1 Å². The van der Waals surface area contributed by atoms with E-state index in [4.69, 9.17) is 11.6 Å². The Morgan fingerprint density at radius 2 is 1.88 bits per heavy atom. The molecule has 2 rings (SSSR count). The van der Waals surface area contributed by atoms with Gasteiger partial charge in [0.05, 0.1) is 6.26 Å². The number of carbonyl (C=O) groups is 1. The summed E-state index contributed by atoms with van der Waals surface area (Å²) in [5, 5.41) is 0.278. The highest BCUT2D eigenvalue weighted by Crippen LogP contribution is 2.32. The van der Waals surface area contributed by atoms with Gasteiger partial charge in [0, 0.05) is 28.8 Å². The maximum Gasteiger partial charge on any atom is 0.267 e. The molecule has 0 atom stereocenters. The molecule has 0 heterocycles. The largest absolute Gasteiger partial charge is 0.268 e. The predicted molar refractivity (Wildman–Crippen MR) is 93.2 cm³/mol. The van der Waals surface area contributed by atoms with Crippen LogP contribution in [0.3, 0.4) is 0 Å². The molecule has 0 N–H and O–H groups in total. The molecule has 0 radical (unpaired) electrons. The van der Waals surface area contributed by atoms with Crippen molar-refractivity contribution < 1.29 is 17.6 Å². The molecule has 0 aliphatic heterocycles. The van der Waals surface area contributed by atoms with E-state index in [1.54, 1.807) is 18.2 Å². The molecule has 24 heavy (non-hydrogen) atoms. The normalized spacial score (nSPS) is 11.4. The van der Waals surface area contributed by atoms with Crippen LogP contribution in [-0.4, -0.2) is 31.9 Å². The SMILES string of the molecule is CCc1cccc(-c2cc(C(=O)N(C)S(C)(=O)=O)ccc2Cl)c1F. The van der Waals surface area contributed by atoms with E-state index in [9.17, 15) is 17.6 Å². The zero-order valence-electron chi connectivity index (χ0n) is 13.5. The molecule has 2 aromatic carbocycles. The maximum absolute atomic E-state index is 14.6. The Hall–Kier alpha value is -1.92. The van der Waals surface area contributed by atoms with E-state index in [1.165, 1.54) is 25.2 Å². The van der Waals surface area contributed by atoms with Crippen molar-refractivity contribution in [2.24, 2.45) is 0 Å². The first-order valence-corrected chi connectivity index (χ1v) is 9.45. The molecule has 2 aromatic rings. The van der Waals surface area contributed by atoms with Gasteiger partial charge in [0.15, 0.2) is 0 Å². The molecule has 0 unspecified atom stereocenters. The third-order valence-corrected chi connectivity index (χ3v) is 5.24. The van der Waals surface area contributed by atoms with E-state index < -0.39 is 21.7 Å². The number of sulfonamides is 1. The fraction of sp³-hybridized carbons (Fsp3) is 0.235. The molecule has 1 amide bonds. The van der Waals surface area contributed by atoms with E-state index in [2.05, 4.69) is 0 Å². The van der Waals surface area contributed by atoms with Crippen LogP contribution >= 0.6 is 11.6 Å². The molecule has 0 aliphatic carbocycles. The average molecular weight is 370 g/mol. The van der Waals surface area contributed by atoms with Crippen molar-refractivity contribution in [2.45, 2.75) is 13.3 Å². The van der Waals surface area contributed by atoms with E-state index in [1.807, 2.05) is 6.92 Å². The van der Waals surface area contributed by atoms with Gasteiger partial charge in [-0.2, -0.15) is 0 Å². The molecule has 0 aliphatic rings. The zero-order valence-corrected chi connectivity index (χ0v) is 15.1. The highest BCUT2D eigenvalue weighted by atomic mass is 35.5. The van der Waals surface area contributed by atoms with Crippen LogP contribution in [0.1, 0.15) is 22.8 Å². The van der Waals surface area contributed by atoms with Gasteiger partial charge in [-0.15, -0.1) is 0 Å². The monoisotopic (exact) mass is 369 g/mol. The van der Waals surface area contributed by atoms with Crippen molar-refractivity contribution in [3.05, 3.63) is 58.4 Å². The Balaban J connectivity index is 2.57. The van der Waals surface area contributed by atoms with Gasteiger partial charge in [-0.1, -0.05) is 36.7 Å². The Kier molecular flexibility index (Phi) is 5.30. The van der Waals surface area contributed by atoms with Gasteiger partial charge in [0.2, 0.25) is 10.0 Å². The van der Waals surface area contributed by atoms with Crippen LogP contribution in [0.5, 0.6) is 0 Å². The van der Waals surface area contributed by atoms with E-state index >= 15 is 0 Å². The van der Waals surface area contributed by atoms with Gasteiger partial charge in [-0.05, 0) is 30.2 Å². The summed E-state index contributed by atoms with van der Waals surface area (Å²) in [5.74, 6) is -1.11. The highest BCUT2D eigenvalue weighted by molar-refractivity contribution is 7.88. The smallest absolute Gasteiger partial charge is 0.267 e. The van der Waals surface area contributed by atoms with Crippen molar-refractivity contribution in [3.63, 3.8) is 0 Å². The van der Waals surface area contributed by atoms with Gasteiger partial charge in [-0.25, -0.2) is 17.1 Å². The minimum absolute atomic E-state index is 0.114. The topological polar surface area (TPSA) is 54.5 Å². The minimum atomic E-state index is -3.68. The Labute approximate surface area is 145 Å². The summed E-state index contributed by atoms with van der Waals surface area (Å²) < 4.78 is 38.3. The van der Waals surface area contributed by atoms with Crippen LogP contribution in [-0.2, 0) is 16.4 Å². The Morgan fingerprint density at radius 1 is 1.21 bits per heavy atom. The molecule has 0 saturated carbocycles. The van der Waals surface area contributed by atoms with Gasteiger partial charge >= 0.3 is 0 Å². The van der Waals surface area contributed by atoms with E-state index in [0.717, 1.165) is 6.26 Å². The number of amides is 1. The van der Waals surface area contributed by atoms with Crippen LogP contribution in [0.4, 0.5) is 4.39 Å². The van der Waals surface area contributed by atoms with Crippen LogP contribution in [0.15, 0.2) is 36.4 Å². The summed E-state index contributed by atoms with van der Waals surface area (Å²) in [6.07, 6.45) is 1.46. The number of carbonyl (C=O) groups excluding carboxylic acids is 1. The van der Waals surface area contributed by atoms with Crippen molar-refractivity contribution in [2.75, 3.05) is 13.3 Å². The molecular formula is C17H17ClFNO3S. The number of benzene rings is 2. The molecule has 128 valence electrons. The second-order valence-corrected chi connectivity index (χ2v) is 7.78. The Morgan fingerprint density at radius 3 is 2.46 bits per heavy atom. The molecule has 0 spiro atoms. The fourth-order valence-electron chi connectivity index (χ4n) is 2.26. The summed E-state index contributed by atoms with van der Waals surface area (Å²) in [6.45, 7) is 1.84. The number of rotatable bonds is 4. The second-order valence-electron chi connectivity index (χ2n) is 5.36. The van der Waals surface area contributed by atoms with E-state index in [0.29, 0.717) is 21.9 Å². The zero-order chi connectivity index (χ0) is 18.1. The summed E-state index contributed by atoms with van der Waals surface area (Å²) in [7, 11) is -2.51. The fourth-order valence-corrected chi connectivity index (χ4v) is 2.88. The van der Waals surface area contributed by atoms with E-state index in [-0.39, 0.29) is 16.1 Å². The van der Waals surface area contributed by atoms with Crippen LogP contribution in [0.2, 0.25) is 5.02 Å². The molecule has 0 fully saturated rings. The van der Waals surface area contributed by atoms with Crippen LogP contribution in [0, 0.1) is 5.82 Å². The molecule has 7 heteroatoms. The number of hydrogen-bond acceptors (Lipinski definition) is 3. The van der Waals surface area contributed by atoms with Gasteiger partial charge in [0.25, 0.3) is 5.91 Å². The second kappa shape index (κ2) is 6.91. The first-order valence-electron chi connectivity index (χ1n) is 7.22. The van der Waals surface area contributed by atoms with Crippen molar-refractivity contribution in [3.8, 4) is 11.1 Å². The van der Waals surface area contributed by atoms with Gasteiger partial charge in [-0.3, -0.25) is 4.79 Å². The van der Waals surface area contributed by atoms with Crippen LogP contribution < -0.4 is 0 Å². The number of halogens is 2. The summed E-state index contributed by atoms with van der Waals surface area (Å²) in [5.41, 5.74) is 1.27. The summed E-state index contributed by atoms with van der Waals surface area (Å²) >= 11 is 6.16. The highest BCUT2D eigenvalue weighted by Gasteiger charge is 2.21. The first kappa shape index (κ1) is 18.4. The lowest BCUT2D eigenvalue weighted by atomic mass is 9.99. The third-order valence-electron chi connectivity index (χ3n) is 3.75. The number of hydrogen-bond donors (Lipinski definition) is 0. The quantitative estimate of drug-likeness (QED) is 0.824. The van der Waals surface area contributed by atoms with Crippen molar-refractivity contribution >= 4 is 27.5 Å². The predicted octanol–water partition coefficient (Wildman–Crippen LogP) is 3.74. The van der Waals surface area contributed by atoms with Gasteiger partial charge < -0.3 is 0 Å². The van der Waals surface area contributed by atoms with Crippen molar-refractivity contribution in [1.29, 1.82) is 0 Å². The Bertz CT molecular complexity index is 897. The summed E-state index contributed by atoms with van der Waals surface area (Å²) in [6, 6.07) is 9.24.